The molecule has 0 saturated carbocycles. The largest absolute Gasteiger partial charge is 0.351 e. The zero-order valence-corrected chi connectivity index (χ0v) is 12.4. The number of primary amides is 1. The first-order valence-electron chi connectivity index (χ1n) is 7.27. The van der Waals surface area contributed by atoms with E-state index in [9.17, 15) is 4.79 Å². The van der Waals surface area contributed by atoms with Crippen LogP contribution in [0, 0.1) is 0 Å². The average Bonchev–Trinajstić information content (AvgIpc) is 2.86. The van der Waals surface area contributed by atoms with Crippen molar-refractivity contribution in [2.24, 2.45) is 12.8 Å². The molecule has 1 fully saturated rings. The van der Waals surface area contributed by atoms with Crippen molar-refractivity contribution >= 4 is 16.9 Å². The third kappa shape index (κ3) is 2.47. The van der Waals surface area contributed by atoms with Gasteiger partial charge in [-0.2, -0.15) is 5.10 Å². The zero-order chi connectivity index (χ0) is 15.0. The second-order valence-electron chi connectivity index (χ2n) is 5.67. The lowest BCUT2D eigenvalue weighted by molar-refractivity contribution is 0.156. The molecule has 0 aliphatic carbocycles. The second-order valence-corrected chi connectivity index (χ2v) is 5.67. The van der Waals surface area contributed by atoms with Crippen molar-refractivity contribution in [3.8, 4) is 0 Å². The third-order valence-electron chi connectivity index (χ3n) is 4.33. The van der Waals surface area contributed by atoms with E-state index in [4.69, 9.17) is 5.73 Å². The van der Waals surface area contributed by atoms with Crippen LogP contribution in [0.5, 0.6) is 0 Å². The van der Waals surface area contributed by atoms with E-state index in [1.807, 2.05) is 30.1 Å². The predicted octanol–water partition coefficient (Wildman–Crippen LogP) is 1.03. The number of rotatable bonds is 2. The fraction of sp³-hybridized carbons (Fsp3) is 0.467. The quantitative estimate of drug-likeness (QED) is 0.866. The number of carbonyl (C=O) groups is 1. The van der Waals surface area contributed by atoms with Crippen LogP contribution in [0.15, 0.2) is 24.4 Å². The zero-order valence-electron chi connectivity index (χ0n) is 12.4. The second kappa shape index (κ2) is 5.37. The van der Waals surface area contributed by atoms with Crippen LogP contribution < -0.4 is 11.1 Å². The summed E-state index contributed by atoms with van der Waals surface area (Å²) in [5.41, 5.74) is 7.72. The highest BCUT2D eigenvalue weighted by Gasteiger charge is 2.31. The first kappa shape index (κ1) is 13.9. The van der Waals surface area contributed by atoms with E-state index >= 15 is 0 Å². The molecule has 3 N–H and O–H groups in total. The highest BCUT2D eigenvalue weighted by molar-refractivity contribution is 5.82. The van der Waals surface area contributed by atoms with Gasteiger partial charge in [-0.1, -0.05) is 19.1 Å². The van der Waals surface area contributed by atoms with Gasteiger partial charge in [-0.05, 0) is 11.6 Å². The van der Waals surface area contributed by atoms with E-state index in [0.717, 1.165) is 24.0 Å². The molecule has 2 heterocycles. The molecule has 6 heteroatoms. The Morgan fingerprint density at radius 2 is 2.33 bits per heavy atom. The number of amides is 2. The maximum atomic E-state index is 11.7. The molecule has 1 unspecified atom stereocenters. The summed E-state index contributed by atoms with van der Waals surface area (Å²) < 4.78 is 1.83. The number of aryl methyl sites for hydroxylation is 1. The van der Waals surface area contributed by atoms with Crippen LogP contribution in [0.2, 0.25) is 0 Å². The van der Waals surface area contributed by atoms with Crippen molar-refractivity contribution in [1.29, 1.82) is 0 Å². The first-order chi connectivity index (χ1) is 10.1. The summed E-state index contributed by atoms with van der Waals surface area (Å²) >= 11 is 0. The van der Waals surface area contributed by atoms with Crippen molar-refractivity contribution in [3.05, 3.63) is 30.0 Å². The third-order valence-corrected chi connectivity index (χ3v) is 4.33. The lowest BCUT2D eigenvalue weighted by atomic mass is 9.89. The minimum atomic E-state index is -0.341. The molecule has 2 amide bonds. The van der Waals surface area contributed by atoms with Gasteiger partial charge in [0.1, 0.15) is 0 Å². The number of aromatic nitrogens is 2. The van der Waals surface area contributed by atoms with Crippen LogP contribution in [0.1, 0.15) is 18.4 Å². The molecule has 0 spiro atoms. The minimum absolute atomic E-state index is 0.0713. The lowest BCUT2D eigenvalue weighted by Crippen LogP contribution is -2.57. The molecule has 6 nitrogen and oxygen atoms in total. The molecular formula is C15H21N5O. The van der Waals surface area contributed by atoms with E-state index in [1.165, 1.54) is 5.56 Å². The molecule has 2 atom stereocenters. The summed E-state index contributed by atoms with van der Waals surface area (Å²) in [6, 6.07) is 5.87. The van der Waals surface area contributed by atoms with E-state index in [-0.39, 0.29) is 18.0 Å². The van der Waals surface area contributed by atoms with E-state index in [1.54, 1.807) is 4.90 Å². The summed E-state index contributed by atoms with van der Waals surface area (Å²) in [5, 5.41) is 8.95. The first-order valence-corrected chi connectivity index (χ1v) is 7.27. The summed E-state index contributed by atoms with van der Waals surface area (Å²) in [6.45, 7) is 4.37. The lowest BCUT2D eigenvalue weighted by Gasteiger charge is -2.38. The van der Waals surface area contributed by atoms with Crippen molar-refractivity contribution in [2.45, 2.75) is 18.9 Å². The number of hydrogen-bond donors (Lipinski definition) is 2. The standard InChI is InChI=1S/C15H21N5O/c1-10(14-8-17-6-7-20(14)15(16)21)11-4-3-5-13-12(11)9-19(2)18-13/h3-5,9-10,14,17H,6-8H2,1-2H3,(H2,16,21)/t10-,14?/m0/s1. The van der Waals surface area contributed by atoms with Gasteiger partial charge in [0.25, 0.3) is 0 Å². The van der Waals surface area contributed by atoms with Gasteiger partial charge in [-0.15, -0.1) is 0 Å². The molecule has 1 aliphatic rings. The smallest absolute Gasteiger partial charge is 0.315 e. The molecule has 1 aromatic heterocycles. The van der Waals surface area contributed by atoms with Crippen LogP contribution in [-0.2, 0) is 7.05 Å². The Hall–Kier alpha value is -2.08. The van der Waals surface area contributed by atoms with Gasteiger partial charge < -0.3 is 16.0 Å². The SMILES string of the molecule is C[C@@H](c1cccc2nn(C)cc12)C1CNCCN1C(N)=O. The average molecular weight is 287 g/mol. The molecule has 2 aromatic rings. The topological polar surface area (TPSA) is 76.2 Å². The van der Waals surface area contributed by atoms with E-state index < -0.39 is 0 Å². The molecule has 21 heavy (non-hydrogen) atoms. The Morgan fingerprint density at radius 3 is 3.10 bits per heavy atom. The minimum Gasteiger partial charge on any atom is -0.351 e. The summed E-state index contributed by atoms with van der Waals surface area (Å²) in [7, 11) is 1.92. The number of piperazine rings is 1. The predicted molar refractivity (Wildman–Crippen MR) is 82.1 cm³/mol. The number of nitrogens with two attached hydrogens (primary N) is 1. The Labute approximate surface area is 123 Å². The van der Waals surface area contributed by atoms with Gasteiger partial charge >= 0.3 is 6.03 Å². The van der Waals surface area contributed by atoms with Gasteiger partial charge in [-0.3, -0.25) is 4.68 Å². The maximum absolute atomic E-state index is 11.7. The van der Waals surface area contributed by atoms with Gasteiger partial charge in [0.2, 0.25) is 0 Å². The number of carbonyl (C=O) groups excluding carboxylic acids is 1. The van der Waals surface area contributed by atoms with Gasteiger partial charge in [0.05, 0.1) is 11.6 Å². The van der Waals surface area contributed by atoms with Crippen LogP contribution in [0.3, 0.4) is 0 Å². The van der Waals surface area contributed by atoms with Gasteiger partial charge in [-0.25, -0.2) is 4.79 Å². The molecular weight excluding hydrogens is 266 g/mol. The fourth-order valence-electron chi connectivity index (χ4n) is 3.23. The van der Waals surface area contributed by atoms with Crippen molar-refractivity contribution in [3.63, 3.8) is 0 Å². The Kier molecular flexibility index (Phi) is 3.55. The van der Waals surface area contributed by atoms with Crippen LogP contribution in [0.4, 0.5) is 4.79 Å². The number of fused-ring (bicyclic) bond motifs is 1. The van der Waals surface area contributed by atoms with Gasteiger partial charge in [0, 0.05) is 44.2 Å². The summed E-state index contributed by atoms with van der Waals surface area (Å²) in [4.78, 5) is 13.4. The molecule has 1 aromatic carbocycles. The Bertz CT molecular complexity index is 665. The van der Waals surface area contributed by atoms with E-state index in [0.29, 0.717) is 6.54 Å². The van der Waals surface area contributed by atoms with Crippen LogP contribution in [0.25, 0.3) is 10.9 Å². The fourth-order valence-corrected chi connectivity index (χ4v) is 3.23. The molecule has 1 saturated heterocycles. The Morgan fingerprint density at radius 1 is 1.52 bits per heavy atom. The molecule has 112 valence electrons. The van der Waals surface area contributed by atoms with Crippen molar-refractivity contribution in [1.82, 2.24) is 20.0 Å². The summed E-state index contributed by atoms with van der Waals surface area (Å²) in [5.74, 6) is 0.193. The normalized spacial score (nSPS) is 20.7. The molecule has 3 rings (SSSR count). The van der Waals surface area contributed by atoms with E-state index in [2.05, 4.69) is 23.4 Å². The summed E-state index contributed by atoms with van der Waals surface area (Å²) in [6.07, 6.45) is 2.03. The van der Waals surface area contributed by atoms with Crippen LogP contribution in [-0.4, -0.2) is 46.4 Å². The number of urea groups is 1. The monoisotopic (exact) mass is 287 g/mol. The molecule has 0 radical (unpaired) electrons. The maximum Gasteiger partial charge on any atom is 0.315 e. The van der Waals surface area contributed by atoms with Gasteiger partial charge in [0.15, 0.2) is 0 Å². The highest BCUT2D eigenvalue weighted by atomic mass is 16.2. The van der Waals surface area contributed by atoms with Crippen molar-refractivity contribution < 1.29 is 4.79 Å². The molecule has 1 aliphatic heterocycles. The Balaban J connectivity index is 1.98. The number of hydrogen-bond acceptors (Lipinski definition) is 3. The number of nitrogens with zero attached hydrogens (tertiary/aromatic N) is 3. The highest BCUT2D eigenvalue weighted by Crippen LogP contribution is 2.29. The molecule has 0 bridgehead atoms. The van der Waals surface area contributed by atoms with Crippen LogP contribution >= 0.6 is 0 Å². The number of nitrogens with one attached hydrogen (secondary N) is 1. The number of benzene rings is 1. The van der Waals surface area contributed by atoms with Crippen molar-refractivity contribution in [2.75, 3.05) is 19.6 Å².